The summed E-state index contributed by atoms with van der Waals surface area (Å²) in [5.41, 5.74) is 0.939. The van der Waals surface area contributed by atoms with Crippen molar-refractivity contribution < 1.29 is 9.13 Å². The van der Waals surface area contributed by atoms with Gasteiger partial charge >= 0.3 is 0 Å². The van der Waals surface area contributed by atoms with Crippen molar-refractivity contribution in [3.05, 3.63) is 28.0 Å². The highest BCUT2D eigenvalue weighted by atomic mass is 79.9. The fraction of sp³-hybridized carbons (Fsp3) is 0.455. The Bertz CT molecular complexity index is 406. The minimum Gasteiger partial charge on any atom is -0.490 e. The van der Waals surface area contributed by atoms with Gasteiger partial charge in [-0.25, -0.2) is 4.39 Å². The first-order chi connectivity index (χ1) is 7.24. The van der Waals surface area contributed by atoms with Crippen molar-refractivity contribution in [3.63, 3.8) is 0 Å². The first-order valence-electron chi connectivity index (χ1n) is 5.12. The molecular weight excluding hydrogens is 261 g/mol. The van der Waals surface area contributed by atoms with E-state index in [1.165, 1.54) is 18.9 Å². The van der Waals surface area contributed by atoms with Gasteiger partial charge < -0.3 is 10.1 Å². The molecule has 0 bridgehead atoms. The van der Waals surface area contributed by atoms with E-state index in [1.807, 2.05) is 0 Å². The van der Waals surface area contributed by atoms with Gasteiger partial charge in [-0.1, -0.05) is 0 Å². The van der Waals surface area contributed by atoms with E-state index in [2.05, 4.69) is 21.2 Å². The van der Waals surface area contributed by atoms with Gasteiger partial charge in [-0.15, -0.1) is 0 Å². The van der Waals surface area contributed by atoms with Crippen molar-refractivity contribution in [1.82, 2.24) is 5.32 Å². The van der Waals surface area contributed by atoms with Crippen molar-refractivity contribution >= 4 is 15.9 Å². The first kappa shape index (κ1) is 9.60. The summed E-state index contributed by atoms with van der Waals surface area (Å²) in [6, 6.07) is 3.76. The van der Waals surface area contributed by atoms with E-state index in [-0.39, 0.29) is 11.9 Å². The Morgan fingerprint density at radius 2 is 2.20 bits per heavy atom. The van der Waals surface area contributed by atoms with E-state index < -0.39 is 0 Å². The molecule has 4 heteroatoms. The summed E-state index contributed by atoms with van der Waals surface area (Å²) in [5.74, 6) is 0.572. The van der Waals surface area contributed by atoms with E-state index in [0.717, 1.165) is 11.3 Å². The molecule has 80 valence electrons. The topological polar surface area (TPSA) is 21.3 Å². The molecule has 1 aliphatic heterocycles. The molecule has 0 radical (unpaired) electrons. The standard InChI is InChI=1S/C11H11BrFNO/c12-9-4-6(13)3-8-10(5-15-11(8)9)14-7-1-2-7/h3-4,7,10,14H,1-2,5H2. The predicted octanol–water partition coefficient (Wildman–Crippen LogP) is 2.77. The maximum Gasteiger partial charge on any atom is 0.138 e. The molecule has 1 N–H and O–H groups in total. The molecule has 1 saturated carbocycles. The number of nitrogens with one attached hydrogen (secondary N) is 1. The molecule has 2 aliphatic rings. The van der Waals surface area contributed by atoms with Gasteiger partial charge in [0, 0.05) is 11.6 Å². The van der Waals surface area contributed by atoms with Crippen LogP contribution in [-0.2, 0) is 0 Å². The van der Waals surface area contributed by atoms with E-state index in [9.17, 15) is 4.39 Å². The van der Waals surface area contributed by atoms with Crippen molar-refractivity contribution in [2.24, 2.45) is 0 Å². The fourth-order valence-electron chi connectivity index (χ4n) is 1.92. The fourth-order valence-corrected chi connectivity index (χ4v) is 2.48. The van der Waals surface area contributed by atoms with E-state index >= 15 is 0 Å². The smallest absolute Gasteiger partial charge is 0.138 e. The normalized spacial score (nSPS) is 23.7. The summed E-state index contributed by atoms with van der Waals surface area (Å²) in [6.45, 7) is 0.605. The van der Waals surface area contributed by atoms with Crippen LogP contribution >= 0.6 is 15.9 Å². The molecule has 15 heavy (non-hydrogen) atoms. The molecule has 1 aromatic rings. The van der Waals surface area contributed by atoms with Crippen molar-refractivity contribution in [1.29, 1.82) is 0 Å². The number of benzene rings is 1. The van der Waals surface area contributed by atoms with Crippen LogP contribution in [0.3, 0.4) is 0 Å². The summed E-state index contributed by atoms with van der Waals surface area (Å²) >= 11 is 3.31. The molecule has 1 heterocycles. The van der Waals surface area contributed by atoms with Crippen LogP contribution in [0.5, 0.6) is 5.75 Å². The van der Waals surface area contributed by atoms with Gasteiger partial charge in [-0.2, -0.15) is 0 Å². The molecule has 3 rings (SSSR count). The summed E-state index contributed by atoms with van der Waals surface area (Å²) in [4.78, 5) is 0. The van der Waals surface area contributed by atoms with E-state index in [1.54, 1.807) is 6.07 Å². The number of halogens is 2. The molecule has 1 aromatic carbocycles. The second-order valence-electron chi connectivity index (χ2n) is 4.11. The van der Waals surface area contributed by atoms with Crippen LogP contribution in [0, 0.1) is 5.82 Å². The minimum absolute atomic E-state index is 0.152. The lowest BCUT2D eigenvalue weighted by atomic mass is 10.1. The Balaban J connectivity index is 1.93. The molecule has 0 spiro atoms. The Kier molecular flexibility index (Phi) is 2.21. The number of ether oxygens (including phenoxy) is 1. The van der Waals surface area contributed by atoms with Crippen molar-refractivity contribution in [3.8, 4) is 5.75 Å². The van der Waals surface area contributed by atoms with Gasteiger partial charge in [0.15, 0.2) is 0 Å². The van der Waals surface area contributed by atoms with Crippen LogP contribution in [0.4, 0.5) is 4.39 Å². The highest BCUT2D eigenvalue weighted by Crippen LogP contribution is 2.40. The Labute approximate surface area is 95.9 Å². The summed E-state index contributed by atoms with van der Waals surface area (Å²) in [5, 5.41) is 3.45. The van der Waals surface area contributed by atoms with Crippen LogP contribution in [0.1, 0.15) is 24.4 Å². The maximum absolute atomic E-state index is 13.2. The molecule has 1 fully saturated rings. The predicted molar refractivity (Wildman–Crippen MR) is 58.5 cm³/mol. The number of hydrogen-bond acceptors (Lipinski definition) is 2. The largest absolute Gasteiger partial charge is 0.490 e. The third-order valence-electron chi connectivity index (χ3n) is 2.82. The number of fused-ring (bicyclic) bond motifs is 1. The quantitative estimate of drug-likeness (QED) is 0.893. The van der Waals surface area contributed by atoms with Gasteiger partial charge in [-0.05, 0) is 40.9 Å². The molecule has 2 nitrogen and oxygen atoms in total. The van der Waals surface area contributed by atoms with Crippen molar-refractivity contribution in [2.45, 2.75) is 24.9 Å². The molecule has 1 unspecified atom stereocenters. The molecular formula is C11H11BrFNO. The van der Waals surface area contributed by atoms with Gasteiger partial charge in [0.1, 0.15) is 18.2 Å². The minimum atomic E-state index is -0.214. The SMILES string of the molecule is Fc1cc(Br)c2c(c1)C(NC1CC1)CO2. The Morgan fingerprint density at radius 3 is 2.93 bits per heavy atom. The van der Waals surface area contributed by atoms with Gasteiger partial charge in [0.2, 0.25) is 0 Å². The molecule has 0 amide bonds. The van der Waals surface area contributed by atoms with Gasteiger partial charge in [-0.3, -0.25) is 0 Å². The van der Waals surface area contributed by atoms with Crippen LogP contribution in [0.2, 0.25) is 0 Å². The third kappa shape index (κ3) is 1.76. The lowest BCUT2D eigenvalue weighted by Crippen LogP contribution is -2.24. The van der Waals surface area contributed by atoms with Crippen LogP contribution in [0.15, 0.2) is 16.6 Å². The van der Waals surface area contributed by atoms with E-state index in [0.29, 0.717) is 17.1 Å². The summed E-state index contributed by atoms with van der Waals surface area (Å²) in [7, 11) is 0. The Morgan fingerprint density at radius 1 is 1.40 bits per heavy atom. The zero-order valence-corrected chi connectivity index (χ0v) is 9.68. The molecule has 0 aromatic heterocycles. The van der Waals surface area contributed by atoms with Crippen LogP contribution in [0.25, 0.3) is 0 Å². The summed E-state index contributed by atoms with van der Waals surface area (Å²) in [6.07, 6.45) is 2.45. The first-order valence-corrected chi connectivity index (χ1v) is 5.91. The van der Waals surface area contributed by atoms with Gasteiger partial charge in [0.25, 0.3) is 0 Å². The van der Waals surface area contributed by atoms with Gasteiger partial charge in [0.05, 0.1) is 10.5 Å². The Hall–Kier alpha value is -0.610. The van der Waals surface area contributed by atoms with Crippen LogP contribution < -0.4 is 10.1 Å². The molecule has 0 saturated heterocycles. The summed E-state index contributed by atoms with van der Waals surface area (Å²) < 4.78 is 19.5. The third-order valence-corrected chi connectivity index (χ3v) is 3.41. The lowest BCUT2D eigenvalue weighted by Gasteiger charge is -2.10. The maximum atomic E-state index is 13.2. The van der Waals surface area contributed by atoms with Crippen molar-refractivity contribution in [2.75, 3.05) is 6.61 Å². The zero-order valence-electron chi connectivity index (χ0n) is 8.09. The zero-order chi connectivity index (χ0) is 10.4. The molecule has 1 atom stereocenters. The highest BCUT2D eigenvalue weighted by Gasteiger charge is 2.32. The average molecular weight is 272 g/mol. The second-order valence-corrected chi connectivity index (χ2v) is 4.96. The number of hydrogen-bond donors (Lipinski definition) is 1. The molecule has 1 aliphatic carbocycles. The second kappa shape index (κ2) is 3.46. The number of rotatable bonds is 2. The van der Waals surface area contributed by atoms with E-state index in [4.69, 9.17) is 4.74 Å². The average Bonchev–Trinajstić information content (AvgIpc) is 2.89. The lowest BCUT2D eigenvalue weighted by molar-refractivity contribution is 0.309. The van der Waals surface area contributed by atoms with Crippen LogP contribution in [-0.4, -0.2) is 12.6 Å². The highest BCUT2D eigenvalue weighted by molar-refractivity contribution is 9.10. The monoisotopic (exact) mass is 271 g/mol.